The number of benzene rings is 3. The van der Waals surface area contributed by atoms with Crippen LogP contribution in [0, 0.1) is 5.82 Å². The van der Waals surface area contributed by atoms with Gasteiger partial charge in [-0.05, 0) is 59.7 Å². The highest BCUT2D eigenvalue weighted by Gasteiger charge is 2.22. The number of hydrogen-bond acceptors (Lipinski definition) is 5. The first-order valence-corrected chi connectivity index (χ1v) is 12.9. The molecule has 178 valence electrons. The minimum absolute atomic E-state index is 0.111. The standard InChI is InChI=1S/C28H27FN4OS/c1-35-23-10-6-20(7-11-23)19-31-28(34)22-9-8-21-12-13-30-27(24(21)18-22)33-16-14-32(15-17-33)26-5-3-2-4-25(26)29/h2-13,18H,14-17,19H2,1H3,(H,31,34). The quantitative estimate of drug-likeness (QED) is 0.372. The number of carbonyl (C=O) groups is 1. The Balaban J connectivity index is 1.31. The van der Waals surface area contributed by atoms with Gasteiger partial charge in [-0.1, -0.05) is 30.3 Å². The molecule has 35 heavy (non-hydrogen) atoms. The molecule has 1 N–H and O–H groups in total. The molecule has 7 heteroatoms. The van der Waals surface area contributed by atoms with E-state index >= 15 is 0 Å². The van der Waals surface area contributed by atoms with Crippen molar-refractivity contribution >= 4 is 39.9 Å². The predicted octanol–water partition coefficient (Wildman–Crippen LogP) is 5.35. The minimum Gasteiger partial charge on any atom is -0.366 e. The Morgan fingerprint density at radius 1 is 0.971 bits per heavy atom. The molecular weight excluding hydrogens is 459 g/mol. The second-order valence-corrected chi connectivity index (χ2v) is 9.41. The number of halogens is 1. The predicted molar refractivity (Wildman–Crippen MR) is 142 cm³/mol. The Kier molecular flexibility index (Phi) is 6.86. The lowest BCUT2D eigenvalue weighted by Gasteiger charge is -2.37. The second kappa shape index (κ2) is 10.4. The van der Waals surface area contributed by atoms with Crippen molar-refractivity contribution < 1.29 is 9.18 Å². The topological polar surface area (TPSA) is 48.5 Å². The van der Waals surface area contributed by atoms with Gasteiger partial charge < -0.3 is 15.1 Å². The van der Waals surface area contributed by atoms with Crippen LogP contribution >= 0.6 is 11.8 Å². The van der Waals surface area contributed by atoms with Crippen molar-refractivity contribution in [3.63, 3.8) is 0 Å². The number of anilines is 2. The molecule has 0 radical (unpaired) electrons. The summed E-state index contributed by atoms with van der Waals surface area (Å²) < 4.78 is 14.2. The maximum Gasteiger partial charge on any atom is 0.251 e. The van der Waals surface area contributed by atoms with Crippen LogP contribution in [0.25, 0.3) is 10.8 Å². The summed E-state index contributed by atoms with van der Waals surface area (Å²) in [5, 5.41) is 5.01. The monoisotopic (exact) mass is 486 g/mol. The van der Waals surface area contributed by atoms with E-state index in [2.05, 4.69) is 32.2 Å². The largest absolute Gasteiger partial charge is 0.366 e. The minimum atomic E-state index is -0.194. The van der Waals surface area contributed by atoms with E-state index in [0.717, 1.165) is 35.2 Å². The summed E-state index contributed by atoms with van der Waals surface area (Å²) in [6.07, 6.45) is 3.85. The lowest BCUT2D eigenvalue weighted by molar-refractivity contribution is 0.0951. The molecular formula is C28H27FN4OS. The van der Waals surface area contributed by atoms with Gasteiger partial charge in [-0.3, -0.25) is 4.79 Å². The van der Waals surface area contributed by atoms with Gasteiger partial charge in [-0.2, -0.15) is 0 Å². The molecule has 1 aliphatic heterocycles. The van der Waals surface area contributed by atoms with Crippen molar-refractivity contribution in [3.8, 4) is 0 Å². The number of amides is 1. The first-order chi connectivity index (χ1) is 17.1. The van der Waals surface area contributed by atoms with E-state index in [-0.39, 0.29) is 11.7 Å². The molecule has 4 aromatic rings. The number of fused-ring (bicyclic) bond motifs is 1. The van der Waals surface area contributed by atoms with Crippen LogP contribution in [0.1, 0.15) is 15.9 Å². The average molecular weight is 487 g/mol. The number of nitrogens with zero attached hydrogens (tertiary/aromatic N) is 3. The zero-order valence-corrected chi connectivity index (χ0v) is 20.4. The van der Waals surface area contributed by atoms with Gasteiger partial charge >= 0.3 is 0 Å². The normalized spacial score (nSPS) is 13.8. The van der Waals surface area contributed by atoms with E-state index in [1.165, 1.54) is 11.0 Å². The van der Waals surface area contributed by atoms with Gasteiger partial charge in [-0.25, -0.2) is 9.37 Å². The summed E-state index contributed by atoms with van der Waals surface area (Å²) in [5.74, 6) is 0.554. The van der Waals surface area contributed by atoms with Crippen LogP contribution in [-0.2, 0) is 6.54 Å². The molecule has 3 aromatic carbocycles. The summed E-state index contributed by atoms with van der Waals surface area (Å²) in [5.41, 5.74) is 2.31. The van der Waals surface area contributed by atoms with Crippen LogP contribution < -0.4 is 15.1 Å². The third-order valence-electron chi connectivity index (χ3n) is 6.39. The summed E-state index contributed by atoms with van der Waals surface area (Å²) in [4.78, 5) is 23.1. The van der Waals surface area contributed by atoms with Crippen molar-refractivity contribution in [1.29, 1.82) is 0 Å². The lowest BCUT2D eigenvalue weighted by atomic mass is 10.1. The zero-order valence-electron chi connectivity index (χ0n) is 19.6. The van der Waals surface area contributed by atoms with Crippen molar-refractivity contribution in [2.45, 2.75) is 11.4 Å². The molecule has 5 rings (SSSR count). The van der Waals surface area contributed by atoms with Crippen LogP contribution in [0.4, 0.5) is 15.9 Å². The number of rotatable bonds is 6. The molecule has 1 amide bonds. The Hall–Kier alpha value is -3.58. The molecule has 0 unspecified atom stereocenters. The summed E-state index contributed by atoms with van der Waals surface area (Å²) in [7, 11) is 0. The highest BCUT2D eigenvalue weighted by atomic mass is 32.2. The van der Waals surface area contributed by atoms with Gasteiger partial charge in [0.2, 0.25) is 0 Å². The fourth-order valence-electron chi connectivity index (χ4n) is 4.44. The van der Waals surface area contributed by atoms with Crippen molar-refractivity contribution in [1.82, 2.24) is 10.3 Å². The van der Waals surface area contributed by atoms with Gasteiger partial charge in [-0.15, -0.1) is 11.8 Å². The third-order valence-corrected chi connectivity index (χ3v) is 7.14. The Morgan fingerprint density at radius 2 is 1.71 bits per heavy atom. The number of aromatic nitrogens is 1. The number of para-hydroxylation sites is 1. The smallest absolute Gasteiger partial charge is 0.251 e. The Bertz CT molecular complexity index is 1340. The molecule has 5 nitrogen and oxygen atoms in total. The summed E-state index contributed by atoms with van der Waals surface area (Å²) in [6.45, 7) is 3.33. The van der Waals surface area contributed by atoms with Crippen molar-refractivity contribution in [2.75, 3.05) is 42.2 Å². The number of hydrogen-bond donors (Lipinski definition) is 1. The third kappa shape index (κ3) is 5.10. The van der Waals surface area contributed by atoms with Crippen LogP contribution in [0.15, 0.2) is 83.9 Å². The van der Waals surface area contributed by atoms with Gasteiger partial charge in [0.1, 0.15) is 11.6 Å². The molecule has 0 saturated carbocycles. The van der Waals surface area contributed by atoms with Crippen molar-refractivity contribution in [2.24, 2.45) is 0 Å². The highest BCUT2D eigenvalue weighted by Crippen LogP contribution is 2.28. The van der Waals surface area contributed by atoms with Crippen molar-refractivity contribution in [3.05, 3.63) is 95.9 Å². The van der Waals surface area contributed by atoms with Gasteiger partial charge in [0.25, 0.3) is 5.91 Å². The summed E-state index contributed by atoms with van der Waals surface area (Å²) in [6, 6.07) is 22.8. The van der Waals surface area contributed by atoms with Crippen LogP contribution in [-0.4, -0.2) is 43.3 Å². The van der Waals surface area contributed by atoms with E-state index in [4.69, 9.17) is 0 Å². The maximum absolute atomic E-state index is 14.2. The van der Waals surface area contributed by atoms with E-state index in [1.807, 2.05) is 54.8 Å². The number of pyridine rings is 1. The van der Waals surface area contributed by atoms with Gasteiger partial charge in [0.05, 0.1) is 5.69 Å². The first-order valence-electron chi connectivity index (χ1n) is 11.7. The number of thioether (sulfide) groups is 1. The molecule has 1 aromatic heterocycles. The first kappa shape index (κ1) is 23.2. The molecule has 0 aliphatic carbocycles. The number of piperazine rings is 1. The summed E-state index contributed by atoms with van der Waals surface area (Å²) >= 11 is 1.70. The van der Waals surface area contributed by atoms with Crippen LogP contribution in [0.2, 0.25) is 0 Å². The van der Waals surface area contributed by atoms with E-state index in [9.17, 15) is 9.18 Å². The second-order valence-electron chi connectivity index (χ2n) is 8.53. The van der Waals surface area contributed by atoms with Crippen LogP contribution in [0.5, 0.6) is 0 Å². The fourth-order valence-corrected chi connectivity index (χ4v) is 4.85. The molecule has 1 fully saturated rings. The SMILES string of the molecule is CSc1ccc(CNC(=O)c2ccc3ccnc(N4CCN(c5ccccc5F)CC4)c3c2)cc1. The maximum atomic E-state index is 14.2. The fraction of sp³-hybridized carbons (Fsp3) is 0.214. The highest BCUT2D eigenvalue weighted by molar-refractivity contribution is 7.98. The Morgan fingerprint density at radius 3 is 2.46 bits per heavy atom. The molecule has 1 saturated heterocycles. The Labute approximate surface area is 209 Å². The van der Waals surface area contributed by atoms with E-state index in [0.29, 0.717) is 30.9 Å². The van der Waals surface area contributed by atoms with Crippen LogP contribution in [0.3, 0.4) is 0 Å². The number of nitrogens with one attached hydrogen (secondary N) is 1. The molecule has 0 spiro atoms. The average Bonchev–Trinajstić information content (AvgIpc) is 2.92. The van der Waals surface area contributed by atoms with E-state index in [1.54, 1.807) is 24.0 Å². The molecule has 0 bridgehead atoms. The number of carbonyl (C=O) groups excluding carboxylic acids is 1. The van der Waals surface area contributed by atoms with E-state index < -0.39 is 0 Å². The molecule has 1 aliphatic rings. The molecule has 2 heterocycles. The zero-order chi connectivity index (χ0) is 24.2. The lowest BCUT2D eigenvalue weighted by Crippen LogP contribution is -2.47. The molecule has 0 atom stereocenters. The van der Waals surface area contributed by atoms with Gasteiger partial charge in [0, 0.05) is 54.8 Å². The van der Waals surface area contributed by atoms with Gasteiger partial charge in [0.15, 0.2) is 0 Å².